The van der Waals surface area contributed by atoms with Crippen molar-refractivity contribution < 1.29 is 9.59 Å². The second kappa shape index (κ2) is 8.53. The van der Waals surface area contributed by atoms with Gasteiger partial charge in [0.1, 0.15) is 11.9 Å². The minimum atomic E-state index is -0.764. The van der Waals surface area contributed by atoms with E-state index in [0.29, 0.717) is 23.6 Å². The molecule has 1 aliphatic heterocycles. The number of aromatic amines is 1. The van der Waals surface area contributed by atoms with Gasteiger partial charge in [0.2, 0.25) is 0 Å². The average molecular weight is 460 g/mol. The van der Waals surface area contributed by atoms with Gasteiger partial charge in [-0.25, -0.2) is 4.98 Å². The normalized spacial score (nSPS) is 13.6. The lowest BCUT2D eigenvalue weighted by Gasteiger charge is -2.27. The average Bonchev–Trinajstić information content (AvgIpc) is 3.47. The summed E-state index contributed by atoms with van der Waals surface area (Å²) in [6.07, 6.45) is 3.46. The summed E-state index contributed by atoms with van der Waals surface area (Å²) < 4.78 is 0. The molecule has 0 saturated carbocycles. The predicted octanol–water partition coefficient (Wildman–Crippen LogP) is 4.96. The zero-order chi connectivity index (χ0) is 23.8. The molecule has 2 amide bonds. The molecule has 170 valence electrons. The Morgan fingerprint density at radius 2 is 1.80 bits per heavy atom. The van der Waals surface area contributed by atoms with Gasteiger partial charge >= 0.3 is 0 Å². The largest absolute Gasteiger partial charge is 0.338 e. The van der Waals surface area contributed by atoms with Crippen LogP contribution in [0.15, 0.2) is 97.3 Å². The number of H-pyrrole nitrogens is 1. The molecule has 35 heavy (non-hydrogen) atoms. The number of anilines is 1. The van der Waals surface area contributed by atoms with Crippen molar-refractivity contribution in [1.82, 2.24) is 19.9 Å². The van der Waals surface area contributed by atoms with E-state index in [9.17, 15) is 9.59 Å². The van der Waals surface area contributed by atoms with E-state index in [2.05, 4.69) is 20.3 Å². The second-order valence-electron chi connectivity index (χ2n) is 8.45. The van der Waals surface area contributed by atoms with E-state index in [1.807, 2.05) is 84.9 Å². The number of rotatable bonds is 5. The summed E-state index contributed by atoms with van der Waals surface area (Å²) >= 11 is 0. The molecule has 1 aliphatic rings. The summed E-state index contributed by atoms with van der Waals surface area (Å²) in [6, 6.07) is 25.4. The molecule has 0 radical (unpaired) electrons. The van der Waals surface area contributed by atoms with E-state index in [1.165, 1.54) is 0 Å². The van der Waals surface area contributed by atoms with Gasteiger partial charge in [0.25, 0.3) is 11.8 Å². The number of aromatic nitrogens is 3. The SMILES string of the molecule is O=C(Nc1ccc2nc(-c3cccnc3)[nH]c2c1)[C@@H](c1ccccc1)N1Cc2ccccc2C1=O. The molecule has 1 atom stereocenters. The molecular weight excluding hydrogens is 438 g/mol. The lowest BCUT2D eigenvalue weighted by Crippen LogP contribution is -2.37. The summed E-state index contributed by atoms with van der Waals surface area (Å²) in [4.78, 5) is 40.5. The molecule has 7 heteroatoms. The van der Waals surface area contributed by atoms with Crippen LogP contribution in [0.2, 0.25) is 0 Å². The number of hydrogen-bond donors (Lipinski definition) is 2. The maximum absolute atomic E-state index is 13.6. The van der Waals surface area contributed by atoms with E-state index in [0.717, 1.165) is 27.7 Å². The monoisotopic (exact) mass is 459 g/mol. The number of imidazole rings is 1. The number of nitrogens with one attached hydrogen (secondary N) is 2. The van der Waals surface area contributed by atoms with Crippen LogP contribution in [-0.4, -0.2) is 31.7 Å². The summed E-state index contributed by atoms with van der Waals surface area (Å²) in [5, 5.41) is 3.01. The number of benzene rings is 3. The molecule has 0 spiro atoms. The topological polar surface area (TPSA) is 91.0 Å². The first-order valence-electron chi connectivity index (χ1n) is 11.3. The van der Waals surface area contributed by atoms with Crippen molar-refractivity contribution in [3.63, 3.8) is 0 Å². The Labute approximate surface area is 201 Å². The number of carbonyl (C=O) groups excluding carboxylic acids is 2. The van der Waals surface area contributed by atoms with E-state index in [4.69, 9.17) is 0 Å². The highest BCUT2D eigenvalue weighted by Crippen LogP contribution is 2.32. The van der Waals surface area contributed by atoms with Crippen LogP contribution in [0.25, 0.3) is 22.4 Å². The summed E-state index contributed by atoms with van der Waals surface area (Å²) in [7, 11) is 0. The van der Waals surface area contributed by atoms with E-state index in [-0.39, 0.29) is 11.8 Å². The van der Waals surface area contributed by atoms with Crippen LogP contribution in [0.1, 0.15) is 27.5 Å². The van der Waals surface area contributed by atoms with Gasteiger partial charge in [-0.2, -0.15) is 0 Å². The Kier molecular flexibility index (Phi) is 5.07. The highest BCUT2D eigenvalue weighted by molar-refractivity contribution is 6.04. The van der Waals surface area contributed by atoms with Gasteiger partial charge in [-0.05, 0) is 47.5 Å². The maximum Gasteiger partial charge on any atom is 0.255 e. The first-order chi connectivity index (χ1) is 17.2. The molecule has 6 rings (SSSR count). The maximum atomic E-state index is 13.6. The fourth-order valence-corrected chi connectivity index (χ4v) is 4.53. The molecule has 0 saturated heterocycles. The van der Waals surface area contributed by atoms with Crippen molar-refractivity contribution in [2.75, 3.05) is 5.32 Å². The number of fused-ring (bicyclic) bond motifs is 2. The van der Waals surface area contributed by atoms with Crippen molar-refractivity contribution in [2.45, 2.75) is 12.6 Å². The lowest BCUT2D eigenvalue weighted by atomic mass is 10.0. The van der Waals surface area contributed by atoms with Crippen molar-refractivity contribution in [1.29, 1.82) is 0 Å². The third-order valence-electron chi connectivity index (χ3n) is 6.21. The number of amides is 2. The van der Waals surface area contributed by atoms with Crippen molar-refractivity contribution in [3.05, 3.63) is 114 Å². The molecule has 3 aromatic carbocycles. The highest BCUT2D eigenvalue weighted by atomic mass is 16.2. The van der Waals surface area contributed by atoms with Gasteiger partial charge in [-0.15, -0.1) is 0 Å². The van der Waals surface area contributed by atoms with E-state index < -0.39 is 6.04 Å². The quantitative estimate of drug-likeness (QED) is 0.389. The van der Waals surface area contributed by atoms with Crippen LogP contribution in [0.4, 0.5) is 5.69 Å². The van der Waals surface area contributed by atoms with E-state index in [1.54, 1.807) is 17.3 Å². The zero-order valence-corrected chi connectivity index (χ0v) is 18.7. The number of carbonyl (C=O) groups is 2. The molecular formula is C28H21N5O2. The molecule has 3 heterocycles. The third kappa shape index (κ3) is 3.83. The first kappa shape index (κ1) is 20.8. The van der Waals surface area contributed by atoms with Crippen LogP contribution < -0.4 is 5.32 Å². The summed E-state index contributed by atoms with van der Waals surface area (Å²) in [5.74, 6) is 0.289. The molecule has 2 aromatic heterocycles. The Morgan fingerprint density at radius 1 is 0.971 bits per heavy atom. The van der Waals surface area contributed by atoms with E-state index >= 15 is 0 Å². The Balaban J connectivity index is 1.31. The number of pyridine rings is 1. The van der Waals surface area contributed by atoms with Gasteiger partial charge in [0.05, 0.1) is 11.0 Å². The number of hydrogen-bond acceptors (Lipinski definition) is 4. The Hall–Kier alpha value is -4.78. The van der Waals surface area contributed by atoms with Crippen molar-refractivity contribution >= 4 is 28.5 Å². The molecule has 0 fully saturated rings. The van der Waals surface area contributed by atoms with Crippen molar-refractivity contribution in [2.24, 2.45) is 0 Å². The van der Waals surface area contributed by atoms with Crippen LogP contribution in [0.5, 0.6) is 0 Å². The van der Waals surface area contributed by atoms with Gasteiger partial charge in [-0.3, -0.25) is 14.6 Å². The second-order valence-corrected chi connectivity index (χ2v) is 8.45. The van der Waals surface area contributed by atoms with Crippen LogP contribution in [-0.2, 0) is 11.3 Å². The number of nitrogens with zero attached hydrogens (tertiary/aromatic N) is 3. The molecule has 0 unspecified atom stereocenters. The first-order valence-corrected chi connectivity index (χ1v) is 11.3. The predicted molar refractivity (Wildman–Crippen MR) is 133 cm³/mol. The van der Waals surface area contributed by atoms with Gasteiger partial charge in [0.15, 0.2) is 0 Å². The summed E-state index contributed by atoms with van der Waals surface area (Å²) in [6.45, 7) is 0.385. The van der Waals surface area contributed by atoms with Crippen LogP contribution >= 0.6 is 0 Å². The fraction of sp³-hybridized carbons (Fsp3) is 0.0714. The smallest absolute Gasteiger partial charge is 0.255 e. The molecule has 2 N–H and O–H groups in total. The van der Waals surface area contributed by atoms with Crippen LogP contribution in [0.3, 0.4) is 0 Å². The molecule has 0 bridgehead atoms. The zero-order valence-electron chi connectivity index (χ0n) is 18.7. The van der Waals surface area contributed by atoms with Gasteiger partial charge < -0.3 is 15.2 Å². The van der Waals surface area contributed by atoms with Gasteiger partial charge in [-0.1, -0.05) is 48.5 Å². The molecule has 0 aliphatic carbocycles. The Morgan fingerprint density at radius 3 is 2.60 bits per heavy atom. The van der Waals surface area contributed by atoms with Crippen LogP contribution in [0, 0.1) is 0 Å². The minimum Gasteiger partial charge on any atom is -0.338 e. The Bertz CT molecular complexity index is 1550. The lowest BCUT2D eigenvalue weighted by molar-refractivity contribution is -0.120. The highest BCUT2D eigenvalue weighted by Gasteiger charge is 2.37. The standard InChI is InChI=1S/C28H21N5O2/c34-27(30-21-12-13-23-24(15-21)32-26(31-23)19-10-6-14-29-16-19)25(18-7-2-1-3-8-18)33-17-20-9-4-5-11-22(20)28(33)35/h1-16,25H,17H2,(H,30,34)(H,31,32)/t25-/m1/s1. The fourth-order valence-electron chi connectivity index (χ4n) is 4.53. The third-order valence-corrected chi connectivity index (χ3v) is 6.21. The van der Waals surface area contributed by atoms with Crippen molar-refractivity contribution in [3.8, 4) is 11.4 Å². The minimum absolute atomic E-state index is 0.144. The summed E-state index contributed by atoms with van der Waals surface area (Å²) in [5.41, 5.74) is 5.40. The van der Waals surface area contributed by atoms with Gasteiger partial charge in [0, 0.05) is 35.8 Å². The molecule has 5 aromatic rings. The molecule has 7 nitrogen and oxygen atoms in total.